The number of piperazine rings is 1. The molecule has 0 amide bonds. The number of carbonyl (C=O) groups is 1. The standard InChI is InChI=1S/C29H29N3O/c1-22(33)24-12-14-26(15-13-24)29(27-11-5-9-25-10-6-16-30-28(25)27)32-19-17-31(18-20-32)21-23-7-3-2-4-8-23/h2-16,29H,17-21H2,1H3. The number of rotatable bonds is 6. The number of benzene rings is 3. The lowest BCUT2D eigenvalue weighted by molar-refractivity contribution is 0.101. The van der Waals surface area contributed by atoms with Gasteiger partial charge in [-0.3, -0.25) is 19.6 Å². The molecule has 1 unspecified atom stereocenters. The van der Waals surface area contributed by atoms with Crippen molar-refractivity contribution in [1.82, 2.24) is 14.8 Å². The fourth-order valence-corrected chi connectivity index (χ4v) is 4.86. The van der Waals surface area contributed by atoms with E-state index < -0.39 is 0 Å². The zero-order valence-corrected chi connectivity index (χ0v) is 19.0. The highest BCUT2D eigenvalue weighted by molar-refractivity contribution is 5.94. The summed E-state index contributed by atoms with van der Waals surface area (Å²) in [5.74, 6) is 0.0967. The predicted octanol–water partition coefficient (Wildman–Crippen LogP) is 5.34. The lowest BCUT2D eigenvalue weighted by Gasteiger charge is -2.40. The number of ketones is 1. The van der Waals surface area contributed by atoms with Crippen LogP contribution in [0.15, 0.2) is 91.1 Å². The average Bonchev–Trinajstić information content (AvgIpc) is 2.86. The van der Waals surface area contributed by atoms with E-state index in [1.807, 2.05) is 24.4 Å². The monoisotopic (exact) mass is 435 g/mol. The molecular weight excluding hydrogens is 406 g/mol. The van der Waals surface area contributed by atoms with Crippen LogP contribution in [0.2, 0.25) is 0 Å². The van der Waals surface area contributed by atoms with Gasteiger partial charge in [-0.2, -0.15) is 0 Å². The summed E-state index contributed by atoms with van der Waals surface area (Å²) in [6.45, 7) is 6.62. The van der Waals surface area contributed by atoms with Crippen LogP contribution >= 0.6 is 0 Å². The zero-order valence-electron chi connectivity index (χ0n) is 19.0. The van der Waals surface area contributed by atoms with Gasteiger partial charge in [0.15, 0.2) is 5.78 Å². The summed E-state index contributed by atoms with van der Waals surface area (Å²) >= 11 is 0. The highest BCUT2D eigenvalue weighted by atomic mass is 16.1. The van der Waals surface area contributed by atoms with Crippen molar-refractivity contribution < 1.29 is 4.79 Å². The Morgan fingerprint density at radius 3 is 2.30 bits per heavy atom. The molecule has 0 spiro atoms. The van der Waals surface area contributed by atoms with Gasteiger partial charge in [-0.1, -0.05) is 78.9 Å². The highest BCUT2D eigenvalue weighted by Crippen LogP contribution is 2.34. The van der Waals surface area contributed by atoms with Crippen molar-refractivity contribution in [2.45, 2.75) is 19.5 Å². The molecule has 1 fully saturated rings. The normalized spacial score (nSPS) is 16.0. The summed E-state index contributed by atoms with van der Waals surface area (Å²) in [6, 6.07) is 29.5. The minimum absolute atomic E-state index is 0.0967. The smallest absolute Gasteiger partial charge is 0.159 e. The Hall–Kier alpha value is -3.34. The number of fused-ring (bicyclic) bond motifs is 1. The number of pyridine rings is 1. The number of hydrogen-bond acceptors (Lipinski definition) is 4. The van der Waals surface area contributed by atoms with Crippen molar-refractivity contribution in [3.8, 4) is 0 Å². The van der Waals surface area contributed by atoms with Gasteiger partial charge in [0.2, 0.25) is 0 Å². The van der Waals surface area contributed by atoms with Crippen LogP contribution in [0.3, 0.4) is 0 Å². The van der Waals surface area contributed by atoms with E-state index >= 15 is 0 Å². The molecule has 1 aliphatic heterocycles. The first kappa shape index (κ1) is 21.5. The molecule has 33 heavy (non-hydrogen) atoms. The molecule has 0 N–H and O–H groups in total. The van der Waals surface area contributed by atoms with Crippen LogP contribution in [0.4, 0.5) is 0 Å². The van der Waals surface area contributed by atoms with E-state index in [4.69, 9.17) is 4.98 Å². The molecule has 0 radical (unpaired) electrons. The topological polar surface area (TPSA) is 36.4 Å². The lowest BCUT2D eigenvalue weighted by atomic mass is 9.93. The minimum atomic E-state index is 0.0967. The molecule has 1 aliphatic rings. The molecule has 5 rings (SSSR count). The van der Waals surface area contributed by atoms with E-state index in [-0.39, 0.29) is 11.8 Å². The number of aromatic nitrogens is 1. The SMILES string of the molecule is CC(=O)c1ccc(C(c2cccc3cccnc23)N2CCN(Cc3ccccc3)CC2)cc1. The van der Waals surface area contributed by atoms with Crippen molar-refractivity contribution in [1.29, 1.82) is 0 Å². The third-order valence-corrected chi connectivity index (χ3v) is 6.61. The Balaban J connectivity index is 1.45. The van der Waals surface area contributed by atoms with E-state index in [2.05, 4.69) is 76.5 Å². The quantitative estimate of drug-likeness (QED) is 0.383. The van der Waals surface area contributed by atoms with Gasteiger partial charge in [0.05, 0.1) is 11.6 Å². The van der Waals surface area contributed by atoms with E-state index in [0.717, 1.165) is 49.2 Å². The van der Waals surface area contributed by atoms with Crippen LogP contribution in [0, 0.1) is 0 Å². The number of nitrogens with zero attached hydrogens (tertiary/aromatic N) is 3. The Morgan fingerprint density at radius 1 is 0.848 bits per heavy atom. The Kier molecular flexibility index (Phi) is 6.29. The highest BCUT2D eigenvalue weighted by Gasteiger charge is 2.28. The van der Waals surface area contributed by atoms with Crippen molar-refractivity contribution in [2.24, 2.45) is 0 Å². The largest absolute Gasteiger partial charge is 0.297 e. The van der Waals surface area contributed by atoms with Crippen LogP contribution in [0.1, 0.15) is 40.0 Å². The molecule has 4 nitrogen and oxygen atoms in total. The lowest BCUT2D eigenvalue weighted by Crippen LogP contribution is -2.47. The van der Waals surface area contributed by atoms with Gasteiger partial charge in [0.25, 0.3) is 0 Å². The molecule has 1 atom stereocenters. The van der Waals surface area contributed by atoms with E-state index in [1.165, 1.54) is 16.7 Å². The van der Waals surface area contributed by atoms with E-state index in [9.17, 15) is 4.79 Å². The van der Waals surface area contributed by atoms with Gasteiger partial charge >= 0.3 is 0 Å². The minimum Gasteiger partial charge on any atom is -0.297 e. The molecule has 1 saturated heterocycles. The van der Waals surface area contributed by atoms with Crippen LogP contribution < -0.4 is 0 Å². The predicted molar refractivity (Wildman–Crippen MR) is 133 cm³/mol. The fraction of sp³-hybridized carbons (Fsp3) is 0.241. The number of carbonyl (C=O) groups excluding carboxylic acids is 1. The molecule has 0 aliphatic carbocycles. The van der Waals surface area contributed by atoms with Crippen molar-refractivity contribution >= 4 is 16.7 Å². The molecule has 0 saturated carbocycles. The first-order chi connectivity index (χ1) is 16.2. The van der Waals surface area contributed by atoms with Gasteiger partial charge in [-0.15, -0.1) is 0 Å². The molecule has 1 aromatic heterocycles. The summed E-state index contributed by atoms with van der Waals surface area (Å²) in [7, 11) is 0. The second-order valence-electron chi connectivity index (χ2n) is 8.80. The summed E-state index contributed by atoms with van der Waals surface area (Å²) in [5.41, 5.74) is 5.59. The number of para-hydroxylation sites is 1. The van der Waals surface area contributed by atoms with Crippen LogP contribution in [-0.2, 0) is 6.54 Å². The average molecular weight is 436 g/mol. The molecule has 2 heterocycles. The van der Waals surface area contributed by atoms with Crippen LogP contribution in [0.25, 0.3) is 10.9 Å². The molecular formula is C29H29N3O. The second-order valence-corrected chi connectivity index (χ2v) is 8.80. The van der Waals surface area contributed by atoms with Gasteiger partial charge in [-0.05, 0) is 24.1 Å². The summed E-state index contributed by atoms with van der Waals surface area (Å²) in [5, 5.41) is 1.16. The Labute approximate surface area is 195 Å². The van der Waals surface area contributed by atoms with Crippen molar-refractivity contribution in [3.63, 3.8) is 0 Å². The second kappa shape index (κ2) is 9.65. The molecule has 3 aromatic carbocycles. The van der Waals surface area contributed by atoms with Gasteiger partial charge < -0.3 is 0 Å². The molecule has 4 heteroatoms. The number of hydrogen-bond donors (Lipinski definition) is 0. The summed E-state index contributed by atoms with van der Waals surface area (Å²) in [4.78, 5) is 21.7. The van der Waals surface area contributed by atoms with Gasteiger partial charge in [0.1, 0.15) is 0 Å². The molecule has 166 valence electrons. The third kappa shape index (κ3) is 4.72. The Morgan fingerprint density at radius 2 is 1.58 bits per heavy atom. The maximum Gasteiger partial charge on any atom is 0.159 e. The summed E-state index contributed by atoms with van der Waals surface area (Å²) in [6.07, 6.45) is 1.87. The van der Waals surface area contributed by atoms with E-state index in [1.54, 1.807) is 6.92 Å². The van der Waals surface area contributed by atoms with E-state index in [0.29, 0.717) is 0 Å². The first-order valence-corrected chi connectivity index (χ1v) is 11.6. The summed E-state index contributed by atoms with van der Waals surface area (Å²) < 4.78 is 0. The van der Waals surface area contributed by atoms with Crippen LogP contribution in [-0.4, -0.2) is 46.7 Å². The first-order valence-electron chi connectivity index (χ1n) is 11.6. The Bertz CT molecular complexity index is 1220. The van der Waals surface area contributed by atoms with Crippen molar-refractivity contribution in [2.75, 3.05) is 26.2 Å². The molecule has 0 bridgehead atoms. The zero-order chi connectivity index (χ0) is 22.6. The third-order valence-electron chi connectivity index (χ3n) is 6.61. The van der Waals surface area contributed by atoms with Gasteiger partial charge in [0, 0.05) is 55.4 Å². The maximum absolute atomic E-state index is 11.8. The maximum atomic E-state index is 11.8. The number of Topliss-reactive ketones (excluding diaryl/α,β-unsaturated/α-hetero) is 1. The molecule has 4 aromatic rings. The van der Waals surface area contributed by atoms with Crippen LogP contribution in [0.5, 0.6) is 0 Å². The van der Waals surface area contributed by atoms with Gasteiger partial charge in [-0.25, -0.2) is 0 Å². The fourth-order valence-electron chi connectivity index (χ4n) is 4.86. The van der Waals surface area contributed by atoms with Crippen molar-refractivity contribution in [3.05, 3.63) is 113 Å².